The molecule has 2 heterocycles. The highest BCUT2D eigenvalue weighted by molar-refractivity contribution is 6.37. The molecule has 0 saturated heterocycles. The Hall–Kier alpha value is -8.50. The first-order valence-corrected chi connectivity index (χ1v) is 22.5. The number of halogens is 6. The van der Waals surface area contributed by atoms with Gasteiger partial charge < -0.3 is 4.57 Å². The van der Waals surface area contributed by atoms with Crippen LogP contribution in [0.4, 0.5) is 32.0 Å². The summed E-state index contributed by atoms with van der Waals surface area (Å²) in [5.74, 6) is -1.26. The number of nitrogens with zero attached hydrogens (tertiary/aromatic N) is 2. The molecule has 1 aliphatic heterocycles. The first kappa shape index (κ1) is 44.0. The number of anilines is 1. The average molecular weight is 933 g/mol. The largest absolute Gasteiger partial charge is 0.416 e. The number of para-hydroxylation sites is 2. The molecule has 10 heteroatoms. The number of benzene rings is 9. The van der Waals surface area contributed by atoms with Gasteiger partial charge in [0, 0.05) is 33.0 Å². The summed E-state index contributed by atoms with van der Waals surface area (Å²) in [4.78, 5) is 32.4. The maximum atomic E-state index is 15.9. The van der Waals surface area contributed by atoms with Crippen LogP contribution in [0, 0.1) is 13.8 Å². The minimum Gasteiger partial charge on any atom is -0.307 e. The average Bonchev–Trinajstić information content (AvgIpc) is 3.83. The van der Waals surface area contributed by atoms with Crippen molar-refractivity contribution < 1.29 is 35.9 Å². The zero-order chi connectivity index (χ0) is 48.6. The van der Waals surface area contributed by atoms with Crippen molar-refractivity contribution in [1.29, 1.82) is 0 Å². The molecule has 0 unspecified atom stereocenters. The molecule has 11 rings (SSSR count). The van der Waals surface area contributed by atoms with E-state index >= 15 is 9.59 Å². The van der Waals surface area contributed by atoms with E-state index in [4.69, 9.17) is 0 Å². The number of carbonyl (C=O) groups excluding carboxylic acids is 2. The molecule has 0 radical (unpaired) electrons. The molecule has 0 N–H and O–H groups in total. The smallest absolute Gasteiger partial charge is 0.307 e. The predicted molar refractivity (Wildman–Crippen MR) is 265 cm³/mol. The minimum atomic E-state index is -4.68. The van der Waals surface area contributed by atoms with E-state index in [0.29, 0.717) is 60.9 Å². The molecule has 0 aliphatic carbocycles. The Kier molecular flexibility index (Phi) is 10.5. The van der Waals surface area contributed by atoms with Gasteiger partial charge in [-0.05, 0) is 107 Å². The molecular weight excluding hydrogens is 895 g/mol. The van der Waals surface area contributed by atoms with Crippen LogP contribution < -0.4 is 4.90 Å². The summed E-state index contributed by atoms with van der Waals surface area (Å²) in [6.45, 7) is 3.15. The third kappa shape index (κ3) is 7.43. The zero-order valence-electron chi connectivity index (χ0n) is 37.5. The lowest BCUT2D eigenvalue weighted by atomic mass is 9.90. The van der Waals surface area contributed by atoms with Crippen LogP contribution in [0.3, 0.4) is 0 Å². The number of rotatable bonds is 7. The highest BCUT2D eigenvalue weighted by Crippen LogP contribution is 2.49. The van der Waals surface area contributed by atoms with Gasteiger partial charge in [-0.1, -0.05) is 146 Å². The maximum absolute atomic E-state index is 15.9. The summed E-state index contributed by atoms with van der Waals surface area (Å²) in [6.07, 6.45) is -9.36. The lowest BCUT2D eigenvalue weighted by Gasteiger charge is -2.24. The SMILES string of the molecule is Cc1cc(-c2cccc3c4cccc(-c5cc(C)cc(C(F)(F)F)c5)c4n(-c4cccc5c4C(=O)N(c4c(-c6ccccc6)cc(-c6ccccc6)cc4-c4ccccc4)C5=O)c23)cc(C(F)(F)F)c1. The predicted octanol–water partition coefficient (Wildman–Crippen LogP) is 16.6. The van der Waals surface area contributed by atoms with Crippen LogP contribution in [0.1, 0.15) is 43.0 Å². The number of aromatic nitrogens is 1. The van der Waals surface area contributed by atoms with Crippen LogP contribution in [-0.4, -0.2) is 16.4 Å². The number of fused-ring (bicyclic) bond motifs is 4. The van der Waals surface area contributed by atoms with Gasteiger partial charge in [0.25, 0.3) is 11.8 Å². The Morgan fingerprint density at radius 1 is 0.371 bits per heavy atom. The molecule has 0 spiro atoms. The summed E-state index contributed by atoms with van der Waals surface area (Å²) in [6, 6.07) is 55.5. The number of alkyl halides is 6. The van der Waals surface area contributed by atoms with Crippen LogP contribution in [-0.2, 0) is 12.4 Å². The Bertz CT molecular complexity index is 3560. The van der Waals surface area contributed by atoms with Gasteiger partial charge >= 0.3 is 12.4 Å². The molecule has 0 atom stereocenters. The van der Waals surface area contributed by atoms with Crippen molar-refractivity contribution in [2.45, 2.75) is 26.2 Å². The number of imide groups is 1. The van der Waals surface area contributed by atoms with Crippen LogP contribution in [0.2, 0.25) is 0 Å². The molecule has 1 aliphatic rings. The topological polar surface area (TPSA) is 42.3 Å². The van der Waals surface area contributed by atoms with E-state index < -0.39 is 35.3 Å². The monoisotopic (exact) mass is 932 g/mol. The molecule has 2 amide bonds. The second-order valence-corrected chi connectivity index (χ2v) is 17.6. The Labute approximate surface area is 398 Å². The second kappa shape index (κ2) is 16.6. The van der Waals surface area contributed by atoms with E-state index in [9.17, 15) is 26.3 Å². The fourth-order valence-corrected chi connectivity index (χ4v) is 10.0. The fraction of sp³-hybridized carbons (Fsp3) is 0.0667. The van der Waals surface area contributed by atoms with Gasteiger partial charge in [-0.25, -0.2) is 4.90 Å². The molecular formula is C60H38F6N2O2. The number of aryl methyl sites for hydroxylation is 2. The third-order valence-corrected chi connectivity index (χ3v) is 13.0. The Morgan fingerprint density at radius 2 is 0.800 bits per heavy atom. The van der Waals surface area contributed by atoms with Gasteiger partial charge in [-0.2, -0.15) is 26.3 Å². The minimum absolute atomic E-state index is 0.0153. The third-order valence-electron chi connectivity index (χ3n) is 13.0. The molecule has 0 bridgehead atoms. The van der Waals surface area contributed by atoms with E-state index in [0.717, 1.165) is 46.5 Å². The van der Waals surface area contributed by atoms with Gasteiger partial charge in [-0.3, -0.25) is 9.59 Å². The van der Waals surface area contributed by atoms with Crippen LogP contribution >= 0.6 is 0 Å². The van der Waals surface area contributed by atoms with Crippen molar-refractivity contribution in [2.75, 3.05) is 4.90 Å². The second-order valence-electron chi connectivity index (χ2n) is 17.6. The van der Waals surface area contributed by atoms with Crippen molar-refractivity contribution in [2.24, 2.45) is 0 Å². The number of carbonyl (C=O) groups is 2. The lowest BCUT2D eigenvalue weighted by molar-refractivity contribution is -0.138. The fourth-order valence-electron chi connectivity index (χ4n) is 10.0. The first-order valence-electron chi connectivity index (χ1n) is 22.5. The number of hydrogen-bond acceptors (Lipinski definition) is 2. The summed E-state index contributed by atoms with van der Waals surface area (Å²) in [7, 11) is 0. The molecule has 1 aromatic heterocycles. The zero-order valence-corrected chi connectivity index (χ0v) is 37.5. The number of amides is 2. The number of hydrogen-bond donors (Lipinski definition) is 0. The van der Waals surface area contributed by atoms with Crippen LogP contribution in [0.15, 0.2) is 194 Å². The summed E-state index contributed by atoms with van der Waals surface area (Å²) >= 11 is 0. The van der Waals surface area contributed by atoms with E-state index in [2.05, 4.69) is 0 Å². The summed E-state index contributed by atoms with van der Waals surface area (Å²) < 4.78 is 88.8. The lowest BCUT2D eigenvalue weighted by Crippen LogP contribution is -2.30. The maximum Gasteiger partial charge on any atom is 0.416 e. The molecule has 0 saturated carbocycles. The van der Waals surface area contributed by atoms with Crippen molar-refractivity contribution in [3.63, 3.8) is 0 Å². The molecule has 0 fully saturated rings. The van der Waals surface area contributed by atoms with Crippen LogP contribution in [0.5, 0.6) is 0 Å². The van der Waals surface area contributed by atoms with Gasteiger partial charge in [0.1, 0.15) is 0 Å². The van der Waals surface area contributed by atoms with Gasteiger partial charge in [0.2, 0.25) is 0 Å². The van der Waals surface area contributed by atoms with Crippen molar-refractivity contribution in [3.8, 4) is 61.3 Å². The van der Waals surface area contributed by atoms with Gasteiger partial charge in [-0.15, -0.1) is 0 Å². The van der Waals surface area contributed by atoms with E-state index in [1.54, 1.807) is 85.1 Å². The van der Waals surface area contributed by atoms with Crippen LogP contribution in [0.25, 0.3) is 83.1 Å². The normalized spacial score (nSPS) is 12.9. The van der Waals surface area contributed by atoms with Crippen molar-refractivity contribution >= 4 is 39.3 Å². The van der Waals surface area contributed by atoms with Crippen molar-refractivity contribution in [1.82, 2.24) is 4.57 Å². The van der Waals surface area contributed by atoms with Crippen molar-refractivity contribution in [3.05, 3.63) is 228 Å². The molecule has 70 heavy (non-hydrogen) atoms. The Morgan fingerprint density at radius 3 is 1.26 bits per heavy atom. The molecule has 4 nitrogen and oxygen atoms in total. The van der Waals surface area contributed by atoms with E-state index in [1.807, 2.05) is 103 Å². The van der Waals surface area contributed by atoms with Gasteiger partial charge in [0.05, 0.1) is 44.7 Å². The first-order chi connectivity index (χ1) is 33.7. The molecule has 342 valence electrons. The summed E-state index contributed by atoms with van der Waals surface area (Å²) in [5, 5.41) is 1.13. The standard InChI is InChI=1S/C60H38F6N2O2/c1-35-27-41(31-43(29-35)59(61,62)63)45-21-12-23-47-48-24-13-22-46(42-28-36(2)30-44(32-42)60(64,65)66)55(48)67(54(45)47)52-26-14-25-49-53(52)58(70)68(57(49)69)56-50(38-17-8-4-9-18-38)33-40(37-15-6-3-7-16-37)34-51(56)39-19-10-5-11-20-39/h3-34H,1-2H3. The Balaban J connectivity index is 1.23. The van der Waals surface area contributed by atoms with E-state index in [1.165, 1.54) is 4.90 Å². The quantitative estimate of drug-likeness (QED) is 0.118. The summed E-state index contributed by atoms with van der Waals surface area (Å²) in [5.41, 5.74) is 6.08. The van der Waals surface area contributed by atoms with Gasteiger partial charge in [0.15, 0.2) is 0 Å². The molecule has 10 aromatic rings. The highest BCUT2D eigenvalue weighted by Gasteiger charge is 2.42. The molecule has 9 aromatic carbocycles. The van der Waals surface area contributed by atoms with E-state index in [-0.39, 0.29) is 27.9 Å². The highest BCUT2D eigenvalue weighted by atomic mass is 19.4.